The van der Waals surface area contributed by atoms with Gasteiger partial charge in [-0.2, -0.15) is 0 Å². The van der Waals surface area contributed by atoms with Crippen molar-refractivity contribution in [2.45, 2.75) is 59.8 Å². The molecule has 0 spiro atoms. The van der Waals surface area contributed by atoms with Crippen LogP contribution in [0, 0.1) is 12.3 Å². The molecule has 0 N–H and O–H groups in total. The molecule has 0 radical (unpaired) electrons. The zero-order valence-electron chi connectivity index (χ0n) is 36.1. The number of aryl methyl sites for hydroxylation is 1. The fourth-order valence-corrected chi connectivity index (χ4v) is 10.5. The molecule has 0 amide bonds. The van der Waals surface area contributed by atoms with Crippen LogP contribution in [0.25, 0.3) is 33.4 Å². The lowest BCUT2D eigenvalue weighted by Crippen LogP contribution is -2.61. The molecule has 1 aliphatic carbocycles. The van der Waals surface area contributed by atoms with Crippen molar-refractivity contribution in [1.29, 1.82) is 0 Å². The molecule has 3 heteroatoms. The maximum Gasteiger partial charge on any atom is 0.252 e. The van der Waals surface area contributed by atoms with E-state index in [1.54, 1.807) is 0 Å². The fourth-order valence-electron chi connectivity index (χ4n) is 10.5. The molecule has 0 atom stereocenters. The summed E-state index contributed by atoms with van der Waals surface area (Å²) >= 11 is 0. The van der Waals surface area contributed by atoms with E-state index in [0.29, 0.717) is 0 Å². The number of rotatable bonds is 5. The van der Waals surface area contributed by atoms with E-state index in [4.69, 9.17) is 0 Å². The lowest BCUT2D eigenvalue weighted by molar-refractivity contribution is 0.392. The van der Waals surface area contributed by atoms with E-state index >= 15 is 0 Å². The van der Waals surface area contributed by atoms with Crippen LogP contribution in [-0.2, 0) is 18.3 Å². The molecule has 0 fully saturated rings. The van der Waals surface area contributed by atoms with Gasteiger partial charge in [-0.1, -0.05) is 162 Å². The molecule has 2 aliphatic heterocycles. The standard InChI is InChI=1S/C58H51BN2/c1-38-30-54-56-55(31-38)61(51-29-25-46(57(2,3)4)35-48(51)42-20-14-9-15-21-42)53-34-45-37-58(5,6)36-44(45)33-50(53)59(56)49-32-43(40-18-12-8-13-19-40)24-28-52(49)60(54)47-26-22-41(23-27-47)39-16-10-7-11-17-39/h7-35H,36-37H2,1-6H3. The van der Waals surface area contributed by atoms with Crippen molar-refractivity contribution in [2.75, 3.05) is 9.80 Å². The molecule has 0 saturated heterocycles. The molecule has 0 aromatic heterocycles. The quantitative estimate of drug-likeness (QED) is 0.160. The smallest absolute Gasteiger partial charge is 0.252 e. The molecule has 0 saturated carbocycles. The van der Waals surface area contributed by atoms with Crippen molar-refractivity contribution < 1.29 is 0 Å². The minimum Gasteiger partial charge on any atom is -0.311 e. The molecule has 2 heterocycles. The molecule has 8 aromatic carbocycles. The highest BCUT2D eigenvalue weighted by molar-refractivity contribution is 7.00. The van der Waals surface area contributed by atoms with Gasteiger partial charge in [0.1, 0.15) is 0 Å². The van der Waals surface area contributed by atoms with Crippen molar-refractivity contribution in [1.82, 2.24) is 0 Å². The summed E-state index contributed by atoms with van der Waals surface area (Å²) in [5.41, 5.74) is 24.7. The third-order valence-corrected chi connectivity index (χ3v) is 13.4. The maximum atomic E-state index is 2.64. The van der Waals surface area contributed by atoms with Crippen molar-refractivity contribution in [3.05, 3.63) is 198 Å². The number of hydrogen-bond donors (Lipinski definition) is 0. The van der Waals surface area contributed by atoms with Crippen LogP contribution < -0.4 is 26.2 Å². The molecule has 61 heavy (non-hydrogen) atoms. The second kappa shape index (κ2) is 14.0. The SMILES string of the molecule is Cc1cc2c3c(c1)N(c1ccc(C(C)(C)C)cc1-c1ccccc1)c1cc4c(cc1B3c1cc(-c3ccccc3)ccc1N2c1ccc(-c2ccccc2)cc1)CC(C)(C)C4. The molecule has 0 unspecified atom stereocenters. The molecular weight excluding hydrogens is 735 g/mol. The van der Waals surface area contributed by atoms with Gasteiger partial charge in [0, 0.05) is 34.0 Å². The molecule has 296 valence electrons. The highest BCUT2D eigenvalue weighted by Crippen LogP contribution is 2.49. The van der Waals surface area contributed by atoms with Crippen molar-refractivity contribution in [3.63, 3.8) is 0 Å². The Morgan fingerprint density at radius 3 is 1.62 bits per heavy atom. The highest BCUT2D eigenvalue weighted by atomic mass is 15.2. The Kier molecular flexibility index (Phi) is 8.59. The van der Waals surface area contributed by atoms with Gasteiger partial charge in [0.15, 0.2) is 0 Å². The van der Waals surface area contributed by atoms with Gasteiger partial charge in [0.2, 0.25) is 0 Å². The Balaban J connectivity index is 1.21. The minimum atomic E-state index is -0.00139. The van der Waals surface area contributed by atoms with Crippen LogP contribution in [-0.4, -0.2) is 6.71 Å². The predicted octanol–water partition coefficient (Wildman–Crippen LogP) is 13.5. The Bertz CT molecular complexity index is 2980. The van der Waals surface area contributed by atoms with Crippen molar-refractivity contribution >= 4 is 57.2 Å². The normalized spacial score (nSPS) is 14.6. The number of benzene rings is 8. The highest BCUT2D eigenvalue weighted by Gasteiger charge is 2.45. The number of hydrogen-bond acceptors (Lipinski definition) is 2. The zero-order chi connectivity index (χ0) is 41.6. The Hall–Kier alpha value is -6.58. The summed E-state index contributed by atoms with van der Waals surface area (Å²) < 4.78 is 0. The molecular formula is C58H51BN2. The van der Waals surface area contributed by atoms with Crippen LogP contribution in [0.15, 0.2) is 176 Å². The summed E-state index contributed by atoms with van der Waals surface area (Å²) in [6.07, 6.45) is 2.17. The second-order valence-electron chi connectivity index (χ2n) is 19.4. The number of fused-ring (bicyclic) bond motifs is 5. The van der Waals surface area contributed by atoms with E-state index in [9.17, 15) is 0 Å². The van der Waals surface area contributed by atoms with Gasteiger partial charge in [-0.05, 0) is 146 Å². The third kappa shape index (κ3) is 6.33. The van der Waals surface area contributed by atoms with E-state index in [1.165, 1.54) is 100 Å². The maximum absolute atomic E-state index is 2.64. The Labute approximate surface area is 362 Å². The summed E-state index contributed by atoms with van der Waals surface area (Å²) in [6.45, 7) is 14.1. The number of nitrogens with zero attached hydrogens (tertiary/aromatic N) is 2. The van der Waals surface area contributed by atoms with Crippen LogP contribution in [0.1, 0.15) is 56.9 Å². The first-order valence-electron chi connectivity index (χ1n) is 22.0. The van der Waals surface area contributed by atoms with Crippen LogP contribution >= 0.6 is 0 Å². The van der Waals surface area contributed by atoms with Gasteiger partial charge in [-0.15, -0.1) is 0 Å². The monoisotopic (exact) mass is 786 g/mol. The summed E-state index contributed by atoms with van der Waals surface area (Å²) in [5.74, 6) is 0. The third-order valence-electron chi connectivity index (χ3n) is 13.4. The van der Waals surface area contributed by atoms with Gasteiger partial charge >= 0.3 is 0 Å². The fraction of sp³-hybridized carbons (Fsp3) is 0.172. The molecule has 3 aliphatic rings. The largest absolute Gasteiger partial charge is 0.311 e. The molecule has 2 nitrogen and oxygen atoms in total. The van der Waals surface area contributed by atoms with Gasteiger partial charge in [-0.25, -0.2) is 0 Å². The van der Waals surface area contributed by atoms with Gasteiger partial charge in [0.05, 0.1) is 5.69 Å². The molecule has 11 rings (SSSR count). The average Bonchev–Trinajstić information content (AvgIpc) is 3.58. The van der Waals surface area contributed by atoms with Gasteiger partial charge < -0.3 is 9.80 Å². The van der Waals surface area contributed by atoms with Crippen molar-refractivity contribution in [2.24, 2.45) is 5.41 Å². The molecule has 8 aromatic rings. The van der Waals surface area contributed by atoms with E-state index in [-0.39, 0.29) is 17.5 Å². The lowest BCUT2D eigenvalue weighted by atomic mass is 9.33. The summed E-state index contributed by atoms with van der Waals surface area (Å²) in [7, 11) is 0. The van der Waals surface area contributed by atoms with E-state index in [1.807, 2.05) is 0 Å². The molecule has 0 bridgehead atoms. The Morgan fingerprint density at radius 2 is 0.984 bits per heavy atom. The topological polar surface area (TPSA) is 6.48 Å². The van der Waals surface area contributed by atoms with Crippen LogP contribution in [0.3, 0.4) is 0 Å². The van der Waals surface area contributed by atoms with Crippen LogP contribution in [0.5, 0.6) is 0 Å². The van der Waals surface area contributed by atoms with E-state index < -0.39 is 0 Å². The predicted molar refractivity (Wildman–Crippen MR) is 261 cm³/mol. The number of anilines is 6. The zero-order valence-corrected chi connectivity index (χ0v) is 36.1. The summed E-state index contributed by atoms with van der Waals surface area (Å²) in [5, 5.41) is 0. The van der Waals surface area contributed by atoms with Gasteiger partial charge in [-0.3, -0.25) is 0 Å². The van der Waals surface area contributed by atoms with Gasteiger partial charge in [0.25, 0.3) is 6.71 Å². The first-order chi connectivity index (χ1) is 29.5. The average molecular weight is 787 g/mol. The summed E-state index contributed by atoms with van der Waals surface area (Å²) in [4.78, 5) is 5.18. The van der Waals surface area contributed by atoms with Crippen LogP contribution in [0.4, 0.5) is 34.1 Å². The first-order valence-corrected chi connectivity index (χ1v) is 22.0. The van der Waals surface area contributed by atoms with E-state index in [0.717, 1.165) is 18.5 Å². The minimum absolute atomic E-state index is 0.00139. The summed E-state index contributed by atoms with van der Waals surface area (Å²) in [6, 6.07) is 66.4. The lowest BCUT2D eigenvalue weighted by Gasteiger charge is -2.45. The second-order valence-corrected chi connectivity index (χ2v) is 19.4. The van der Waals surface area contributed by atoms with E-state index in [2.05, 4.69) is 227 Å². The van der Waals surface area contributed by atoms with Crippen molar-refractivity contribution in [3.8, 4) is 33.4 Å². The Morgan fingerprint density at radius 1 is 0.459 bits per heavy atom. The first kappa shape index (κ1) is 37.4. The van der Waals surface area contributed by atoms with Crippen LogP contribution in [0.2, 0.25) is 0 Å².